The Bertz CT molecular complexity index is 1060. The summed E-state index contributed by atoms with van der Waals surface area (Å²) in [6, 6.07) is 5.48. The molecule has 1 amide bonds. The van der Waals surface area contributed by atoms with Gasteiger partial charge >= 0.3 is 0 Å². The van der Waals surface area contributed by atoms with Crippen molar-refractivity contribution in [2.24, 2.45) is 5.41 Å². The van der Waals surface area contributed by atoms with Gasteiger partial charge < -0.3 is 10.1 Å². The van der Waals surface area contributed by atoms with Gasteiger partial charge in [-0.05, 0) is 30.4 Å². The molecule has 1 atom stereocenters. The van der Waals surface area contributed by atoms with Crippen LogP contribution in [0.1, 0.15) is 37.6 Å². The van der Waals surface area contributed by atoms with Crippen molar-refractivity contribution < 1.29 is 13.9 Å². The van der Waals surface area contributed by atoms with Crippen LogP contribution in [0.15, 0.2) is 49.1 Å². The van der Waals surface area contributed by atoms with Crippen LogP contribution in [-0.2, 0) is 11.2 Å². The minimum absolute atomic E-state index is 0.0532. The first-order chi connectivity index (χ1) is 14.4. The van der Waals surface area contributed by atoms with Gasteiger partial charge in [-0.3, -0.25) is 9.78 Å². The van der Waals surface area contributed by atoms with Gasteiger partial charge in [0.25, 0.3) is 5.91 Å². The van der Waals surface area contributed by atoms with Crippen molar-refractivity contribution >= 4 is 5.91 Å². The fourth-order valence-electron chi connectivity index (χ4n) is 3.66. The van der Waals surface area contributed by atoms with E-state index in [1.54, 1.807) is 30.9 Å². The van der Waals surface area contributed by atoms with Crippen LogP contribution in [0, 0.1) is 11.2 Å². The molecule has 0 saturated heterocycles. The number of ether oxygens (including phenoxy) is 1. The molecular formula is C22H22FN5O2. The van der Waals surface area contributed by atoms with Gasteiger partial charge in [-0.25, -0.2) is 19.3 Å². The summed E-state index contributed by atoms with van der Waals surface area (Å²) in [4.78, 5) is 30.0. The molecule has 154 valence electrons. The van der Waals surface area contributed by atoms with Crippen molar-refractivity contribution in [2.75, 3.05) is 6.61 Å². The molecule has 0 aliphatic heterocycles. The van der Waals surface area contributed by atoms with Crippen molar-refractivity contribution in [3.05, 3.63) is 66.1 Å². The Balaban J connectivity index is 1.50. The average Bonchev–Trinajstić information content (AvgIpc) is 2.72. The quantitative estimate of drug-likeness (QED) is 0.698. The molecule has 1 aliphatic carbocycles. The van der Waals surface area contributed by atoms with Crippen LogP contribution in [0.3, 0.4) is 0 Å². The average molecular weight is 407 g/mol. The number of fused-ring (bicyclic) bond motifs is 1. The number of amides is 1. The zero-order valence-electron chi connectivity index (χ0n) is 16.8. The van der Waals surface area contributed by atoms with Gasteiger partial charge in [-0.2, -0.15) is 0 Å². The molecular weight excluding hydrogens is 385 g/mol. The van der Waals surface area contributed by atoms with E-state index in [-0.39, 0.29) is 24.0 Å². The van der Waals surface area contributed by atoms with E-state index in [2.05, 4.69) is 34.1 Å². The standard InChI is InChI=1S/C22H22FN5O2/c1-22(2)9-17(27-20(29)13-30-15-5-3-4-14(23)8-15)16-11-26-21(28-18(16)10-22)19-12-24-6-7-25-19/h3-8,11-12,17H,9-10,13H2,1-2H3,(H,27,29). The third-order valence-corrected chi connectivity index (χ3v) is 4.97. The van der Waals surface area contributed by atoms with E-state index in [1.165, 1.54) is 18.2 Å². The van der Waals surface area contributed by atoms with Gasteiger partial charge in [0.05, 0.1) is 17.9 Å². The predicted octanol–water partition coefficient (Wildman–Crippen LogP) is 3.28. The summed E-state index contributed by atoms with van der Waals surface area (Å²) in [6.45, 7) is 4.08. The Labute approximate surface area is 173 Å². The fourth-order valence-corrected chi connectivity index (χ4v) is 3.66. The number of nitrogens with one attached hydrogen (secondary N) is 1. The highest BCUT2D eigenvalue weighted by molar-refractivity contribution is 5.78. The van der Waals surface area contributed by atoms with E-state index in [0.29, 0.717) is 17.3 Å². The summed E-state index contributed by atoms with van der Waals surface area (Å²) >= 11 is 0. The minimum Gasteiger partial charge on any atom is -0.484 e. The first-order valence-electron chi connectivity index (χ1n) is 9.69. The molecule has 3 aromatic rings. The SMILES string of the molecule is CC1(C)Cc2nc(-c3cnccn3)ncc2C(NC(=O)COc2cccc(F)c2)C1. The molecule has 1 N–H and O–H groups in total. The summed E-state index contributed by atoms with van der Waals surface area (Å²) in [5.41, 5.74) is 2.33. The number of hydrogen-bond acceptors (Lipinski definition) is 6. The molecule has 4 rings (SSSR count). The number of hydrogen-bond donors (Lipinski definition) is 1. The number of halogens is 1. The smallest absolute Gasteiger partial charge is 0.258 e. The maximum Gasteiger partial charge on any atom is 0.258 e. The molecule has 1 aromatic carbocycles. The molecule has 2 heterocycles. The number of carbonyl (C=O) groups is 1. The lowest BCUT2D eigenvalue weighted by Crippen LogP contribution is -2.39. The molecule has 1 unspecified atom stereocenters. The molecule has 0 spiro atoms. The Hall–Kier alpha value is -3.42. The number of aromatic nitrogens is 4. The largest absolute Gasteiger partial charge is 0.484 e. The van der Waals surface area contributed by atoms with E-state index in [1.807, 2.05) is 0 Å². The van der Waals surface area contributed by atoms with E-state index >= 15 is 0 Å². The molecule has 0 saturated carbocycles. The van der Waals surface area contributed by atoms with Crippen LogP contribution in [0.4, 0.5) is 4.39 Å². The van der Waals surface area contributed by atoms with Crippen LogP contribution in [0.25, 0.3) is 11.5 Å². The lowest BCUT2D eigenvalue weighted by atomic mass is 9.74. The van der Waals surface area contributed by atoms with Crippen LogP contribution in [0.2, 0.25) is 0 Å². The lowest BCUT2D eigenvalue weighted by molar-refractivity contribution is -0.124. The number of benzene rings is 1. The van der Waals surface area contributed by atoms with E-state index in [9.17, 15) is 9.18 Å². The van der Waals surface area contributed by atoms with Crippen LogP contribution >= 0.6 is 0 Å². The molecule has 0 radical (unpaired) electrons. The molecule has 2 aromatic heterocycles. The van der Waals surface area contributed by atoms with Crippen molar-refractivity contribution in [1.82, 2.24) is 25.3 Å². The molecule has 0 bridgehead atoms. The molecule has 1 aliphatic rings. The third kappa shape index (κ3) is 4.59. The highest BCUT2D eigenvalue weighted by Gasteiger charge is 2.34. The van der Waals surface area contributed by atoms with Crippen molar-refractivity contribution in [3.63, 3.8) is 0 Å². The number of nitrogens with zero attached hydrogens (tertiary/aromatic N) is 4. The van der Waals surface area contributed by atoms with Crippen molar-refractivity contribution in [3.8, 4) is 17.3 Å². The van der Waals surface area contributed by atoms with Crippen LogP contribution in [-0.4, -0.2) is 32.4 Å². The molecule has 0 fully saturated rings. The predicted molar refractivity (Wildman–Crippen MR) is 108 cm³/mol. The highest BCUT2D eigenvalue weighted by Crippen LogP contribution is 2.40. The third-order valence-electron chi connectivity index (χ3n) is 4.97. The topological polar surface area (TPSA) is 89.9 Å². The van der Waals surface area contributed by atoms with Gasteiger partial charge in [-0.1, -0.05) is 19.9 Å². The van der Waals surface area contributed by atoms with Gasteiger partial charge in [0.15, 0.2) is 12.4 Å². The van der Waals surface area contributed by atoms with Gasteiger partial charge in [0.1, 0.15) is 17.3 Å². The second-order valence-corrected chi connectivity index (χ2v) is 8.10. The maximum atomic E-state index is 13.3. The normalized spacial score (nSPS) is 17.1. The number of carbonyl (C=O) groups excluding carboxylic acids is 1. The first-order valence-corrected chi connectivity index (χ1v) is 9.69. The van der Waals surface area contributed by atoms with Gasteiger partial charge in [-0.15, -0.1) is 0 Å². The molecule has 30 heavy (non-hydrogen) atoms. The zero-order chi connectivity index (χ0) is 21.1. The molecule has 7 nitrogen and oxygen atoms in total. The zero-order valence-corrected chi connectivity index (χ0v) is 16.8. The van der Waals surface area contributed by atoms with E-state index in [0.717, 1.165) is 24.1 Å². The molecule has 8 heteroatoms. The summed E-state index contributed by atoms with van der Waals surface area (Å²) in [6.07, 6.45) is 8.09. The fraction of sp³-hybridized carbons (Fsp3) is 0.318. The second kappa shape index (κ2) is 8.14. The summed E-state index contributed by atoms with van der Waals surface area (Å²) in [7, 11) is 0. The van der Waals surface area contributed by atoms with Gasteiger partial charge in [0.2, 0.25) is 0 Å². The Morgan fingerprint density at radius 2 is 2.13 bits per heavy atom. The van der Waals surface area contributed by atoms with Crippen molar-refractivity contribution in [2.45, 2.75) is 32.7 Å². The summed E-state index contributed by atoms with van der Waals surface area (Å²) in [5, 5.41) is 3.01. The minimum atomic E-state index is -0.410. The van der Waals surface area contributed by atoms with Gasteiger partial charge in [0, 0.05) is 30.2 Å². The van der Waals surface area contributed by atoms with Crippen LogP contribution in [0.5, 0.6) is 5.75 Å². The van der Waals surface area contributed by atoms with E-state index in [4.69, 9.17) is 9.72 Å². The van der Waals surface area contributed by atoms with Crippen LogP contribution < -0.4 is 10.1 Å². The van der Waals surface area contributed by atoms with Crippen molar-refractivity contribution in [1.29, 1.82) is 0 Å². The lowest BCUT2D eigenvalue weighted by Gasteiger charge is -2.36. The highest BCUT2D eigenvalue weighted by atomic mass is 19.1. The first kappa shape index (κ1) is 19.9. The Morgan fingerprint density at radius 3 is 2.90 bits per heavy atom. The Morgan fingerprint density at radius 1 is 1.27 bits per heavy atom. The Kier molecular flexibility index (Phi) is 5.39. The summed E-state index contributed by atoms with van der Waals surface area (Å²) in [5.74, 6) is 0.128. The summed E-state index contributed by atoms with van der Waals surface area (Å²) < 4.78 is 18.7. The van der Waals surface area contributed by atoms with E-state index < -0.39 is 5.82 Å². The maximum absolute atomic E-state index is 13.3. The monoisotopic (exact) mass is 407 g/mol. The second-order valence-electron chi connectivity index (χ2n) is 8.10. The number of rotatable bonds is 5.